The van der Waals surface area contributed by atoms with E-state index in [-0.39, 0.29) is 17.1 Å². The Bertz CT molecular complexity index is 544. The lowest BCUT2D eigenvalue weighted by atomic mass is 9.90. The molecule has 18 heavy (non-hydrogen) atoms. The van der Waals surface area contributed by atoms with Gasteiger partial charge in [0, 0.05) is 12.2 Å². The summed E-state index contributed by atoms with van der Waals surface area (Å²) in [5, 5.41) is 9.53. The fourth-order valence-electron chi connectivity index (χ4n) is 2.34. The Kier molecular flexibility index (Phi) is 3.46. The molecule has 0 radical (unpaired) electrons. The molecule has 0 saturated carbocycles. The number of hydrogen-bond acceptors (Lipinski definition) is 5. The van der Waals surface area contributed by atoms with Crippen molar-refractivity contribution in [2.45, 2.75) is 30.3 Å². The minimum absolute atomic E-state index is 0.275. The quantitative estimate of drug-likeness (QED) is 0.825. The zero-order chi connectivity index (χ0) is 13.4. The van der Waals surface area contributed by atoms with Crippen molar-refractivity contribution >= 4 is 10.1 Å². The van der Waals surface area contributed by atoms with Gasteiger partial charge in [-0.25, -0.2) is 8.42 Å². The first-order valence-electron chi connectivity index (χ1n) is 5.71. The summed E-state index contributed by atoms with van der Waals surface area (Å²) < 4.78 is 39.4. The molecule has 0 aliphatic carbocycles. The van der Waals surface area contributed by atoms with Gasteiger partial charge in [-0.1, -0.05) is 17.7 Å². The standard InChI is InChI=1S/C12H16O5S/c1-9-3-4-11(18(14,15)16)10(7-9)12(8-13)5-2-6-17-12/h3-4,7,13H,2,5-6,8H2,1H3,(H,14,15,16)/p-1. The number of aliphatic hydroxyl groups excluding tert-OH is 1. The first kappa shape index (κ1) is 13.5. The van der Waals surface area contributed by atoms with E-state index in [2.05, 4.69) is 0 Å². The van der Waals surface area contributed by atoms with E-state index in [1.54, 1.807) is 19.1 Å². The van der Waals surface area contributed by atoms with E-state index in [0.29, 0.717) is 13.0 Å². The molecule has 1 aliphatic rings. The van der Waals surface area contributed by atoms with E-state index < -0.39 is 15.7 Å². The molecule has 1 heterocycles. The molecule has 100 valence electrons. The van der Waals surface area contributed by atoms with E-state index >= 15 is 0 Å². The van der Waals surface area contributed by atoms with Gasteiger partial charge < -0.3 is 14.4 Å². The zero-order valence-electron chi connectivity index (χ0n) is 10.0. The SMILES string of the molecule is Cc1ccc(S(=O)(=O)[O-])c(C2(CO)CCCO2)c1. The van der Waals surface area contributed by atoms with Gasteiger partial charge >= 0.3 is 0 Å². The number of aryl methyl sites for hydroxylation is 1. The second-order valence-electron chi connectivity index (χ2n) is 4.56. The molecule has 1 atom stereocenters. The maximum atomic E-state index is 11.3. The van der Waals surface area contributed by atoms with Crippen molar-refractivity contribution in [3.8, 4) is 0 Å². The fraction of sp³-hybridized carbons (Fsp3) is 0.500. The minimum atomic E-state index is -4.58. The van der Waals surface area contributed by atoms with Gasteiger partial charge in [0.1, 0.15) is 15.7 Å². The average molecular weight is 271 g/mol. The van der Waals surface area contributed by atoms with Crippen molar-refractivity contribution in [3.05, 3.63) is 29.3 Å². The first-order chi connectivity index (χ1) is 8.39. The molecule has 6 heteroatoms. The van der Waals surface area contributed by atoms with E-state index in [1.165, 1.54) is 6.07 Å². The lowest BCUT2D eigenvalue weighted by molar-refractivity contribution is -0.0450. The maximum absolute atomic E-state index is 11.3. The van der Waals surface area contributed by atoms with Gasteiger partial charge in [0.2, 0.25) is 0 Å². The molecular formula is C12H15O5S-. The van der Waals surface area contributed by atoms with Crippen LogP contribution in [0.1, 0.15) is 24.0 Å². The number of aliphatic hydroxyl groups is 1. The zero-order valence-corrected chi connectivity index (χ0v) is 10.9. The molecule has 1 N–H and O–H groups in total. The number of hydrogen-bond donors (Lipinski definition) is 1. The van der Waals surface area contributed by atoms with Gasteiger partial charge in [-0.2, -0.15) is 0 Å². The van der Waals surface area contributed by atoms with Crippen molar-refractivity contribution < 1.29 is 22.8 Å². The second kappa shape index (κ2) is 4.62. The van der Waals surface area contributed by atoms with Crippen LogP contribution >= 0.6 is 0 Å². The van der Waals surface area contributed by atoms with Gasteiger partial charge in [0.05, 0.1) is 11.5 Å². The third kappa shape index (κ3) is 2.29. The van der Waals surface area contributed by atoms with Crippen LogP contribution in [0.4, 0.5) is 0 Å². The molecule has 0 spiro atoms. The summed E-state index contributed by atoms with van der Waals surface area (Å²) in [7, 11) is -4.58. The van der Waals surface area contributed by atoms with Gasteiger partial charge in [-0.05, 0) is 25.8 Å². The van der Waals surface area contributed by atoms with Crippen LogP contribution in [0.15, 0.2) is 23.1 Å². The summed E-state index contributed by atoms with van der Waals surface area (Å²) in [4.78, 5) is -0.302. The number of benzene rings is 1. The highest BCUT2D eigenvalue weighted by molar-refractivity contribution is 7.85. The molecule has 2 rings (SSSR count). The maximum Gasteiger partial charge on any atom is 0.124 e. The second-order valence-corrected chi connectivity index (χ2v) is 5.91. The monoisotopic (exact) mass is 271 g/mol. The molecule has 1 fully saturated rings. The average Bonchev–Trinajstić information content (AvgIpc) is 2.77. The Labute approximate surface area is 106 Å². The minimum Gasteiger partial charge on any atom is -0.744 e. The molecule has 0 bridgehead atoms. The molecule has 1 aliphatic heterocycles. The Balaban J connectivity index is 2.65. The van der Waals surface area contributed by atoms with E-state index in [4.69, 9.17) is 4.74 Å². The number of ether oxygens (including phenoxy) is 1. The highest BCUT2D eigenvalue weighted by Gasteiger charge is 2.39. The van der Waals surface area contributed by atoms with Gasteiger partial charge in [-0.3, -0.25) is 0 Å². The summed E-state index contributed by atoms with van der Waals surface area (Å²) in [6.45, 7) is 1.91. The summed E-state index contributed by atoms with van der Waals surface area (Å²) >= 11 is 0. The van der Waals surface area contributed by atoms with Crippen molar-refractivity contribution in [1.82, 2.24) is 0 Å². The van der Waals surface area contributed by atoms with Crippen LogP contribution in [0, 0.1) is 6.92 Å². The molecule has 1 saturated heterocycles. The lowest BCUT2D eigenvalue weighted by Gasteiger charge is -2.29. The summed E-state index contributed by atoms with van der Waals surface area (Å²) in [6, 6.07) is 4.45. The third-order valence-electron chi connectivity index (χ3n) is 3.25. The van der Waals surface area contributed by atoms with E-state index in [1.807, 2.05) is 0 Å². The number of rotatable bonds is 3. The van der Waals surface area contributed by atoms with Crippen molar-refractivity contribution in [3.63, 3.8) is 0 Å². The molecule has 1 unspecified atom stereocenters. The Morgan fingerprint density at radius 2 is 2.22 bits per heavy atom. The molecule has 0 aromatic heterocycles. The van der Waals surface area contributed by atoms with Crippen LogP contribution in [0.3, 0.4) is 0 Å². The molecule has 1 aromatic rings. The van der Waals surface area contributed by atoms with Gasteiger partial charge in [0.15, 0.2) is 0 Å². The summed E-state index contributed by atoms with van der Waals surface area (Å²) in [5.41, 5.74) is 0.0389. The predicted molar refractivity (Wildman–Crippen MR) is 63.1 cm³/mol. The van der Waals surface area contributed by atoms with Crippen LogP contribution in [0.5, 0.6) is 0 Å². The van der Waals surface area contributed by atoms with Crippen LogP contribution in [-0.2, 0) is 20.5 Å². The topological polar surface area (TPSA) is 86.7 Å². The lowest BCUT2D eigenvalue weighted by Crippen LogP contribution is -2.31. The predicted octanol–water partition coefficient (Wildman–Crippen LogP) is 0.897. The highest BCUT2D eigenvalue weighted by atomic mass is 32.2. The van der Waals surface area contributed by atoms with Gasteiger partial charge in [-0.15, -0.1) is 0 Å². The molecule has 5 nitrogen and oxygen atoms in total. The van der Waals surface area contributed by atoms with E-state index in [9.17, 15) is 18.1 Å². The van der Waals surface area contributed by atoms with Crippen LogP contribution in [0.2, 0.25) is 0 Å². The Morgan fingerprint density at radius 1 is 1.50 bits per heavy atom. The van der Waals surface area contributed by atoms with Gasteiger partial charge in [0.25, 0.3) is 0 Å². The van der Waals surface area contributed by atoms with Crippen LogP contribution in [-0.4, -0.2) is 31.3 Å². The van der Waals surface area contributed by atoms with Crippen molar-refractivity contribution in [2.75, 3.05) is 13.2 Å². The van der Waals surface area contributed by atoms with Crippen molar-refractivity contribution in [2.24, 2.45) is 0 Å². The summed E-state index contributed by atoms with van der Waals surface area (Å²) in [5.74, 6) is 0. The largest absolute Gasteiger partial charge is 0.744 e. The van der Waals surface area contributed by atoms with Crippen LogP contribution < -0.4 is 0 Å². The van der Waals surface area contributed by atoms with E-state index in [0.717, 1.165) is 12.0 Å². The smallest absolute Gasteiger partial charge is 0.124 e. The molecule has 0 amide bonds. The fourth-order valence-corrected chi connectivity index (χ4v) is 3.09. The third-order valence-corrected chi connectivity index (χ3v) is 4.15. The highest BCUT2D eigenvalue weighted by Crippen LogP contribution is 2.39. The molecular weight excluding hydrogens is 256 g/mol. The Hall–Kier alpha value is -0.950. The molecule has 1 aromatic carbocycles. The van der Waals surface area contributed by atoms with Crippen molar-refractivity contribution in [1.29, 1.82) is 0 Å². The summed E-state index contributed by atoms with van der Waals surface area (Å²) in [6.07, 6.45) is 1.24. The van der Waals surface area contributed by atoms with Crippen LogP contribution in [0.25, 0.3) is 0 Å². The Morgan fingerprint density at radius 3 is 2.72 bits per heavy atom. The first-order valence-corrected chi connectivity index (χ1v) is 7.12. The normalized spacial score (nSPS) is 24.4.